The third kappa shape index (κ3) is 3.60. The zero-order valence-corrected chi connectivity index (χ0v) is 12.9. The van der Waals surface area contributed by atoms with Crippen LogP contribution in [0.5, 0.6) is 11.6 Å². The molecule has 3 N–H and O–H groups in total. The third-order valence-electron chi connectivity index (χ3n) is 3.15. The molecule has 0 unspecified atom stereocenters. The van der Waals surface area contributed by atoms with Crippen LogP contribution in [0, 0.1) is 12.3 Å². The van der Waals surface area contributed by atoms with E-state index in [1.54, 1.807) is 12.1 Å². The lowest BCUT2D eigenvalue weighted by Gasteiger charge is -2.22. The molecule has 0 amide bonds. The van der Waals surface area contributed by atoms with Crippen LogP contribution in [0.1, 0.15) is 37.6 Å². The van der Waals surface area contributed by atoms with Gasteiger partial charge < -0.3 is 10.5 Å². The quantitative estimate of drug-likeness (QED) is 0.665. The van der Waals surface area contributed by atoms with Crippen LogP contribution in [0.15, 0.2) is 36.4 Å². The number of benzene rings is 1. The van der Waals surface area contributed by atoms with Gasteiger partial charge in [0.15, 0.2) is 0 Å². The number of aryl methyl sites for hydroxylation is 1. The van der Waals surface area contributed by atoms with Crippen molar-refractivity contribution >= 4 is 5.84 Å². The van der Waals surface area contributed by atoms with E-state index in [-0.39, 0.29) is 11.3 Å². The Balaban J connectivity index is 2.42. The third-order valence-corrected chi connectivity index (χ3v) is 3.15. The van der Waals surface area contributed by atoms with E-state index in [1.165, 1.54) is 0 Å². The van der Waals surface area contributed by atoms with Gasteiger partial charge in [-0.1, -0.05) is 39.0 Å². The van der Waals surface area contributed by atoms with Crippen molar-refractivity contribution in [3.8, 4) is 11.6 Å². The number of amidine groups is 1. The lowest BCUT2D eigenvalue weighted by atomic mass is 9.86. The molecule has 1 aromatic carbocycles. The zero-order chi connectivity index (χ0) is 15.6. The number of aromatic nitrogens is 1. The summed E-state index contributed by atoms with van der Waals surface area (Å²) in [7, 11) is 0. The van der Waals surface area contributed by atoms with Crippen LogP contribution in [-0.4, -0.2) is 10.8 Å². The maximum absolute atomic E-state index is 7.54. The Labute approximate surface area is 125 Å². The fourth-order valence-corrected chi connectivity index (χ4v) is 2.13. The summed E-state index contributed by atoms with van der Waals surface area (Å²) < 4.78 is 5.94. The van der Waals surface area contributed by atoms with E-state index in [0.717, 1.165) is 17.0 Å². The number of nitrogens with one attached hydrogen (secondary N) is 1. The van der Waals surface area contributed by atoms with Crippen LogP contribution in [0.4, 0.5) is 0 Å². The van der Waals surface area contributed by atoms with Gasteiger partial charge in [0.1, 0.15) is 11.6 Å². The highest BCUT2D eigenvalue weighted by molar-refractivity contribution is 5.95. The molecular weight excluding hydrogens is 262 g/mol. The molecule has 0 saturated carbocycles. The van der Waals surface area contributed by atoms with Crippen molar-refractivity contribution in [1.82, 2.24) is 4.98 Å². The van der Waals surface area contributed by atoms with Gasteiger partial charge in [0.25, 0.3) is 0 Å². The van der Waals surface area contributed by atoms with Crippen molar-refractivity contribution in [1.29, 1.82) is 5.41 Å². The number of rotatable bonds is 3. The largest absolute Gasteiger partial charge is 0.439 e. The Kier molecular flexibility index (Phi) is 3.98. The van der Waals surface area contributed by atoms with Gasteiger partial charge in [-0.3, -0.25) is 5.41 Å². The molecule has 1 heterocycles. The highest BCUT2D eigenvalue weighted by Gasteiger charge is 2.19. The smallest absolute Gasteiger partial charge is 0.220 e. The molecule has 0 radical (unpaired) electrons. The first-order valence-electron chi connectivity index (χ1n) is 6.88. The van der Waals surface area contributed by atoms with E-state index in [2.05, 4.69) is 31.8 Å². The van der Waals surface area contributed by atoms with E-state index >= 15 is 0 Å². The maximum atomic E-state index is 7.54. The summed E-state index contributed by atoms with van der Waals surface area (Å²) in [6.07, 6.45) is 0. The Morgan fingerprint density at radius 1 is 1.19 bits per heavy atom. The predicted molar refractivity (Wildman–Crippen MR) is 85.2 cm³/mol. The minimum absolute atomic E-state index is 0.00876. The summed E-state index contributed by atoms with van der Waals surface area (Å²) in [6.45, 7) is 8.27. The van der Waals surface area contributed by atoms with Gasteiger partial charge in [-0.2, -0.15) is 0 Å². The van der Waals surface area contributed by atoms with Crippen molar-refractivity contribution in [2.45, 2.75) is 33.1 Å². The van der Waals surface area contributed by atoms with Crippen LogP contribution in [0.2, 0.25) is 0 Å². The molecule has 110 valence electrons. The normalized spacial score (nSPS) is 11.2. The Morgan fingerprint density at radius 3 is 2.48 bits per heavy atom. The molecule has 2 rings (SSSR count). The minimum Gasteiger partial charge on any atom is -0.439 e. The molecule has 4 heteroatoms. The molecule has 0 atom stereocenters. The maximum Gasteiger partial charge on any atom is 0.220 e. The number of ether oxygens (including phenoxy) is 1. The van der Waals surface area contributed by atoms with Gasteiger partial charge in [0.2, 0.25) is 5.88 Å². The second kappa shape index (κ2) is 5.56. The summed E-state index contributed by atoms with van der Waals surface area (Å²) in [5.41, 5.74) is 8.01. The molecule has 21 heavy (non-hydrogen) atoms. The zero-order valence-electron chi connectivity index (χ0n) is 12.9. The van der Waals surface area contributed by atoms with E-state index in [4.69, 9.17) is 15.9 Å². The highest BCUT2D eigenvalue weighted by atomic mass is 16.5. The lowest BCUT2D eigenvalue weighted by molar-refractivity contribution is 0.439. The van der Waals surface area contributed by atoms with Crippen molar-refractivity contribution in [2.24, 2.45) is 5.73 Å². The van der Waals surface area contributed by atoms with E-state index in [1.807, 2.05) is 25.1 Å². The molecule has 2 aromatic rings. The number of nitrogens with zero attached hydrogens (tertiary/aromatic N) is 1. The van der Waals surface area contributed by atoms with Gasteiger partial charge in [-0.25, -0.2) is 4.98 Å². The first-order chi connectivity index (χ1) is 9.77. The summed E-state index contributed by atoms with van der Waals surface area (Å²) >= 11 is 0. The molecule has 0 fully saturated rings. The van der Waals surface area contributed by atoms with E-state index in [0.29, 0.717) is 11.4 Å². The summed E-state index contributed by atoms with van der Waals surface area (Å²) in [6, 6.07) is 11.4. The van der Waals surface area contributed by atoms with Gasteiger partial charge in [0.05, 0.1) is 0 Å². The average Bonchev–Trinajstić information content (AvgIpc) is 2.37. The first-order valence-corrected chi connectivity index (χ1v) is 6.88. The molecule has 0 saturated heterocycles. The molecule has 4 nitrogen and oxygen atoms in total. The Morgan fingerprint density at radius 2 is 1.86 bits per heavy atom. The minimum atomic E-state index is -0.0240. The van der Waals surface area contributed by atoms with Crippen molar-refractivity contribution in [3.05, 3.63) is 53.2 Å². The Bertz CT molecular complexity index is 672. The SMILES string of the molecule is Cc1cc(C(=N)N)cc(Oc2ccccc2C(C)(C)C)n1. The molecule has 0 aliphatic heterocycles. The molecule has 0 spiro atoms. The lowest BCUT2D eigenvalue weighted by Crippen LogP contribution is -2.13. The van der Waals surface area contributed by atoms with Crippen molar-refractivity contribution in [2.75, 3.05) is 0 Å². The summed E-state index contributed by atoms with van der Waals surface area (Å²) in [5.74, 6) is 1.24. The molecule has 0 aliphatic rings. The van der Waals surface area contributed by atoms with Crippen LogP contribution >= 0.6 is 0 Å². The second-order valence-electron chi connectivity index (χ2n) is 6.10. The van der Waals surface area contributed by atoms with Gasteiger partial charge in [0, 0.05) is 22.9 Å². The number of nitrogens with two attached hydrogens (primary N) is 1. The monoisotopic (exact) mass is 283 g/mol. The van der Waals surface area contributed by atoms with Gasteiger partial charge in [-0.15, -0.1) is 0 Å². The van der Waals surface area contributed by atoms with Crippen LogP contribution < -0.4 is 10.5 Å². The molecule has 0 aliphatic carbocycles. The van der Waals surface area contributed by atoms with Crippen molar-refractivity contribution < 1.29 is 4.74 Å². The van der Waals surface area contributed by atoms with Crippen LogP contribution in [-0.2, 0) is 5.41 Å². The first kappa shape index (κ1) is 15.0. The summed E-state index contributed by atoms with van der Waals surface area (Å²) in [4.78, 5) is 4.36. The fraction of sp³-hybridized carbons (Fsp3) is 0.294. The average molecular weight is 283 g/mol. The Hall–Kier alpha value is -2.36. The van der Waals surface area contributed by atoms with E-state index in [9.17, 15) is 0 Å². The standard InChI is InChI=1S/C17H21N3O/c1-11-9-12(16(18)19)10-15(20-11)21-14-8-6-5-7-13(14)17(2,3)4/h5-10H,1-4H3,(H3,18,19). The number of para-hydroxylation sites is 1. The highest BCUT2D eigenvalue weighted by Crippen LogP contribution is 2.33. The molecular formula is C17H21N3O. The van der Waals surface area contributed by atoms with E-state index < -0.39 is 0 Å². The second-order valence-corrected chi connectivity index (χ2v) is 6.10. The molecule has 0 bridgehead atoms. The number of nitrogen functional groups attached to an aromatic ring is 1. The predicted octanol–water partition coefficient (Wildman–Crippen LogP) is 3.76. The number of hydrogen-bond acceptors (Lipinski definition) is 3. The van der Waals surface area contributed by atoms with Crippen molar-refractivity contribution in [3.63, 3.8) is 0 Å². The number of pyridine rings is 1. The fourth-order valence-electron chi connectivity index (χ4n) is 2.13. The number of hydrogen-bond donors (Lipinski definition) is 2. The van der Waals surface area contributed by atoms with Gasteiger partial charge >= 0.3 is 0 Å². The van der Waals surface area contributed by atoms with Crippen LogP contribution in [0.25, 0.3) is 0 Å². The summed E-state index contributed by atoms with van der Waals surface area (Å²) in [5, 5.41) is 7.54. The van der Waals surface area contributed by atoms with Gasteiger partial charge in [-0.05, 0) is 24.5 Å². The topological polar surface area (TPSA) is 72.0 Å². The molecule has 1 aromatic heterocycles. The van der Waals surface area contributed by atoms with Crippen LogP contribution in [0.3, 0.4) is 0 Å².